The van der Waals surface area contributed by atoms with Crippen molar-refractivity contribution in [2.75, 3.05) is 0 Å². The zero-order valence-electron chi connectivity index (χ0n) is 11.0. The molecule has 0 radical (unpaired) electrons. The molecule has 1 aliphatic heterocycles. The number of nitrogens with one attached hydrogen (secondary N) is 1. The van der Waals surface area contributed by atoms with E-state index in [1.807, 2.05) is 11.8 Å². The number of hydrogen-bond acceptors (Lipinski definition) is 3. The summed E-state index contributed by atoms with van der Waals surface area (Å²) in [5, 5.41) is 12.9. The maximum Gasteiger partial charge on any atom is 0.240 e. The Morgan fingerprint density at radius 3 is 2.41 bits per heavy atom. The van der Waals surface area contributed by atoms with Crippen LogP contribution in [0.4, 0.5) is 0 Å². The summed E-state index contributed by atoms with van der Waals surface area (Å²) in [7, 11) is 0. The molecule has 2 rings (SSSR count). The van der Waals surface area contributed by atoms with E-state index in [0.717, 1.165) is 25.7 Å². The second-order valence-electron chi connectivity index (χ2n) is 5.79. The molecule has 2 N–H and O–H groups in total. The summed E-state index contributed by atoms with van der Waals surface area (Å²) in [6.07, 6.45) is 3.53. The van der Waals surface area contributed by atoms with Crippen molar-refractivity contribution < 1.29 is 9.90 Å². The first-order valence-corrected chi connectivity index (χ1v) is 6.77. The summed E-state index contributed by atoms with van der Waals surface area (Å²) >= 11 is 0. The largest absolute Gasteiger partial charge is 0.393 e. The van der Waals surface area contributed by atoms with Crippen LogP contribution in [-0.2, 0) is 4.79 Å². The topological polar surface area (TPSA) is 52.6 Å². The third-order valence-corrected chi connectivity index (χ3v) is 4.04. The van der Waals surface area contributed by atoms with Gasteiger partial charge in [0.1, 0.15) is 0 Å². The summed E-state index contributed by atoms with van der Waals surface area (Å²) in [5.74, 6) is 0.654. The van der Waals surface area contributed by atoms with Gasteiger partial charge in [0.05, 0.1) is 18.3 Å². The second kappa shape index (κ2) is 4.94. The van der Waals surface area contributed by atoms with E-state index >= 15 is 0 Å². The molecule has 2 aliphatic rings. The number of amides is 1. The van der Waals surface area contributed by atoms with Crippen LogP contribution in [0.25, 0.3) is 0 Å². The first kappa shape index (κ1) is 12.8. The van der Waals surface area contributed by atoms with Gasteiger partial charge in [-0.05, 0) is 38.5 Å². The van der Waals surface area contributed by atoms with Gasteiger partial charge in [0, 0.05) is 6.04 Å². The van der Waals surface area contributed by atoms with Gasteiger partial charge in [0.25, 0.3) is 0 Å². The Balaban J connectivity index is 2.08. The monoisotopic (exact) mass is 240 g/mol. The zero-order valence-corrected chi connectivity index (χ0v) is 11.0. The molecule has 98 valence electrons. The molecule has 0 bridgehead atoms. The average Bonchev–Trinajstić information content (AvgIpc) is 2.57. The highest BCUT2D eigenvalue weighted by Gasteiger charge is 2.42. The van der Waals surface area contributed by atoms with Gasteiger partial charge in [-0.2, -0.15) is 0 Å². The molecule has 1 amide bonds. The number of carbonyl (C=O) groups excluding carboxylic acids is 1. The van der Waals surface area contributed by atoms with Gasteiger partial charge in [-0.15, -0.1) is 0 Å². The maximum absolute atomic E-state index is 12.2. The highest BCUT2D eigenvalue weighted by molar-refractivity contribution is 5.84. The number of carbonyl (C=O) groups is 1. The molecule has 4 nitrogen and oxygen atoms in total. The van der Waals surface area contributed by atoms with Crippen LogP contribution in [0.1, 0.15) is 46.5 Å². The van der Waals surface area contributed by atoms with E-state index in [9.17, 15) is 9.90 Å². The van der Waals surface area contributed by atoms with E-state index in [1.54, 1.807) is 0 Å². The molecule has 0 aromatic rings. The van der Waals surface area contributed by atoms with Crippen molar-refractivity contribution in [2.45, 2.75) is 70.8 Å². The summed E-state index contributed by atoms with van der Waals surface area (Å²) in [6.45, 7) is 6.23. The summed E-state index contributed by atoms with van der Waals surface area (Å²) in [4.78, 5) is 14.2. The van der Waals surface area contributed by atoms with Gasteiger partial charge in [-0.25, -0.2) is 0 Å². The maximum atomic E-state index is 12.2. The lowest BCUT2D eigenvalue weighted by Gasteiger charge is -2.38. The smallest absolute Gasteiger partial charge is 0.240 e. The van der Waals surface area contributed by atoms with Crippen molar-refractivity contribution >= 4 is 5.91 Å². The van der Waals surface area contributed by atoms with Crippen LogP contribution >= 0.6 is 0 Å². The average molecular weight is 240 g/mol. The van der Waals surface area contributed by atoms with E-state index in [0.29, 0.717) is 12.0 Å². The number of nitrogens with zero attached hydrogens (tertiary/aromatic N) is 1. The minimum absolute atomic E-state index is 0.0609. The first-order chi connectivity index (χ1) is 8.00. The highest BCUT2D eigenvalue weighted by Crippen LogP contribution is 2.29. The SMILES string of the molecule is CC1NC(C(C)C)N(C2CCC(O)CC2)C1=O. The molecular weight excluding hydrogens is 216 g/mol. The molecular formula is C13H24N2O2. The lowest BCUT2D eigenvalue weighted by atomic mass is 9.91. The Bertz CT molecular complexity index is 285. The molecule has 0 aromatic heterocycles. The number of hydrogen-bond donors (Lipinski definition) is 2. The van der Waals surface area contributed by atoms with E-state index in [4.69, 9.17) is 0 Å². The molecule has 1 aliphatic carbocycles. The van der Waals surface area contributed by atoms with Crippen LogP contribution in [0.2, 0.25) is 0 Å². The Morgan fingerprint density at radius 2 is 1.88 bits per heavy atom. The Morgan fingerprint density at radius 1 is 1.29 bits per heavy atom. The molecule has 2 fully saturated rings. The lowest BCUT2D eigenvalue weighted by Crippen LogP contribution is -2.48. The van der Waals surface area contributed by atoms with Gasteiger partial charge < -0.3 is 10.0 Å². The summed E-state index contributed by atoms with van der Waals surface area (Å²) < 4.78 is 0. The molecule has 17 heavy (non-hydrogen) atoms. The van der Waals surface area contributed by atoms with E-state index in [-0.39, 0.29) is 24.2 Å². The fourth-order valence-electron chi connectivity index (χ4n) is 3.03. The minimum Gasteiger partial charge on any atom is -0.393 e. The van der Waals surface area contributed by atoms with Gasteiger partial charge >= 0.3 is 0 Å². The van der Waals surface area contributed by atoms with E-state index < -0.39 is 0 Å². The summed E-state index contributed by atoms with van der Waals surface area (Å²) in [5.41, 5.74) is 0. The van der Waals surface area contributed by atoms with Crippen LogP contribution < -0.4 is 5.32 Å². The van der Waals surface area contributed by atoms with Crippen LogP contribution in [0.15, 0.2) is 0 Å². The van der Waals surface area contributed by atoms with Crippen LogP contribution in [0.5, 0.6) is 0 Å². The summed E-state index contributed by atoms with van der Waals surface area (Å²) in [6, 6.07) is 0.255. The third-order valence-electron chi connectivity index (χ3n) is 4.04. The molecule has 1 saturated carbocycles. The second-order valence-corrected chi connectivity index (χ2v) is 5.79. The van der Waals surface area contributed by atoms with Crippen molar-refractivity contribution in [3.8, 4) is 0 Å². The minimum atomic E-state index is -0.160. The quantitative estimate of drug-likeness (QED) is 0.760. The van der Waals surface area contributed by atoms with Crippen molar-refractivity contribution in [3.63, 3.8) is 0 Å². The van der Waals surface area contributed by atoms with Gasteiger partial charge in [0.2, 0.25) is 5.91 Å². The van der Waals surface area contributed by atoms with Crippen LogP contribution in [0, 0.1) is 5.92 Å². The Hall–Kier alpha value is -0.610. The molecule has 2 atom stereocenters. The normalized spacial score (nSPS) is 39.1. The predicted octanol–water partition coefficient (Wildman–Crippen LogP) is 1.09. The predicted molar refractivity (Wildman–Crippen MR) is 66.3 cm³/mol. The van der Waals surface area contributed by atoms with Crippen molar-refractivity contribution in [3.05, 3.63) is 0 Å². The standard InChI is InChI=1S/C13H24N2O2/c1-8(2)12-14-9(3)13(17)15(12)10-4-6-11(16)7-5-10/h8-12,14,16H,4-7H2,1-3H3. The van der Waals surface area contributed by atoms with Crippen LogP contribution in [-0.4, -0.2) is 40.3 Å². The zero-order chi connectivity index (χ0) is 12.6. The number of aliphatic hydroxyl groups is 1. The van der Waals surface area contributed by atoms with Gasteiger partial charge in [0.15, 0.2) is 0 Å². The molecule has 0 spiro atoms. The van der Waals surface area contributed by atoms with Crippen molar-refractivity contribution in [2.24, 2.45) is 5.92 Å². The Labute approximate surface area is 103 Å². The Kier molecular flexibility index (Phi) is 3.73. The number of rotatable bonds is 2. The third kappa shape index (κ3) is 2.47. The van der Waals surface area contributed by atoms with Gasteiger partial charge in [-0.3, -0.25) is 10.1 Å². The highest BCUT2D eigenvalue weighted by atomic mass is 16.3. The van der Waals surface area contributed by atoms with E-state index in [1.165, 1.54) is 0 Å². The fourth-order valence-corrected chi connectivity index (χ4v) is 3.03. The van der Waals surface area contributed by atoms with Crippen molar-refractivity contribution in [1.82, 2.24) is 10.2 Å². The number of aliphatic hydroxyl groups excluding tert-OH is 1. The lowest BCUT2D eigenvalue weighted by molar-refractivity contribution is -0.133. The van der Waals surface area contributed by atoms with Gasteiger partial charge in [-0.1, -0.05) is 13.8 Å². The molecule has 1 heterocycles. The van der Waals surface area contributed by atoms with Crippen molar-refractivity contribution in [1.29, 1.82) is 0 Å². The fraction of sp³-hybridized carbons (Fsp3) is 0.923. The molecule has 4 heteroatoms. The molecule has 2 unspecified atom stereocenters. The van der Waals surface area contributed by atoms with Crippen LogP contribution in [0.3, 0.4) is 0 Å². The first-order valence-electron chi connectivity index (χ1n) is 6.77. The molecule has 1 saturated heterocycles. The van der Waals surface area contributed by atoms with E-state index in [2.05, 4.69) is 19.2 Å². The molecule has 0 aromatic carbocycles.